The predicted octanol–water partition coefficient (Wildman–Crippen LogP) is 2.17. The van der Waals surface area contributed by atoms with Gasteiger partial charge in [0.2, 0.25) is 0 Å². The second-order valence-electron chi connectivity index (χ2n) is 4.34. The van der Waals surface area contributed by atoms with Gasteiger partial charge in [-0.3, -0.25) is 4.79 Å². The molecule has 1 aromatic rings. The Labute approximate surface area is 115 Å². The van der Waals surface area contributed by atoms with Crippen molar-refractivity contribution < 1.29 is 9.90 Å². The molecular formula is C12H14Cl2N2O2. The van der Waals surface area contributed by atoms with E-state index in [1.807, 2.05) is 0 Å². The summed E-state index contributed by atoms with van der Waals surface area (Å²) in [7, 11) is 0. The number of amides is 1. The fourth-order valence-electron chi connectivity index (χ4n) is 2.21. The van der Waals surface area contributed by atoms with Gasteiger partial charge in [-0.15, -0.1) is 0 Å². The Hall–Kier alpha value is -0.970. The van der Waals surface area contributed by atoms with Gasteiger partial charge < -0.3 is 15.7 Å². The number of benzene rings is 1. The highest BCUT2D eigenvalue weighted by Crippen LogP contribution is 2.31. The standard InChI is InChI=1S/C12H14Cl2N2O2/c13-10-5-7(15)4-9(11(10)14)12(18)16-3-1-2-8(16)6-17/h4-5,8,17H,1-3,6,15H2/t8-/m0/s1. The molecule has 0 spiro atoms. The van der Waals surface area contributed by atoms with E-state index in [0.29, 0.717) is 17.8 Å². The molecule has 0 bridgehead atoms. The van der Waals surface area contributed by atoms with Crippen LogP contribution in [0.1, 0.15) is 23.2 Å². The highest BCUT2D eigenvalue weighted by molar-refractivity contribution is 6.44. The maximum Gasteiger partial charge on any atom is 0.255 e. The van der Waals surface area contributed by atoms with Crippen molar-refractivity contribution in [2.75, 3.05) is 18.9 Å². The van der Waals surface area contributed by atoms with Crippen molar-refractivity contribution in [1.82, 2.24) is 4.90 Å². The van der Waals surface area contributed by atoms with Crippen LogP contribution < -0.4 is 5.73 Å². The summed E-state index contributed by atoms with van der Waals surface area (Å²) in [5.74, 6) is -0.231. The summed E-state index contributed by atoms with van der Waals surface area (Å²) >= 11 is 11.9. The zero-order valence-corrected chi connectivity index (χ0v) is 11.2. The molecule has 4 nitrogen and oxygen atoms in total. The van der Waals surface area contributed by atoms with Crippen LogP contribution >= 0.6 is 23.2 Å². The van der Waals surface area contributed by atoms with Crippen LogP contribution in [-0.4, -0.2) is 35.1 Å². The molecule has 1 aliphatic rings. The molecule has 0 aromatic heterocycles. The van der Waals surface area contributed by atoms with E-state index in [2.05, 4.69) is 0 Å². The molecule has 18 heavy (non-hydrogen) atoms. The first-order valence-corrected chi connectivity index (χ1v) is 6.46. The molecule has 0 aliphatic carbocycles. The molecule has 98 valence electrons. The second-order valence-corrected chi connectivity index (χ2v) is 5.13. The van der Waals surface area contributed by atoms with Gasteiger partial charge in [0.25, 0.3) is 5.91 Å². The molecule has 1 aliphatic heterocycles. The lowest BCUT2D eigenvalue weighted by atomic mass is 10.1. The average molecular weight is 289 g/mol. The molecule has 1 heterocycles. The molecular weight excluding hydrogens is 275 g/mol. The molecule has 1 atom stereocenters. The van der Waals surface area contributed by atoms with Gasteiger partial charge in [-0.05, 0) is 25.0 Å². The summed E-state index contributed by atoms with van der Waals surface area (Å²) in [6, 6.07) is 2.88. The number of carbonyl (C=O) groups is 1. The minimum absolute atomic E-state index is 0.0423. The van der Waals surface area contributed by atoms with Crippen LogP contribution in [0.25, 0.3) is 0 Å². The Morgan fingerprint density at radius 3 is 2.89 bits per heavy atom. The van der Waals surface area contributed by atoms with Gasteiger partial charge >= 0.3 is 0 Å². The van der Waals surface area contributed by atoms with E-state index in [9.17, 15) is 9.90 Å². The lowest BCUT2D eigenvalue weighted by molar-refractivity contribution is 0.0678. The maximum absolute atomic E-state index is 12.4. The molecule has 2 rings (SSSR count). The van der Waals surface area contributed by atoms with Crippen LogP contribution in [0.3, 0.4) is 0 Å². The number of nitrogens with two attached hydrogens (primary N) is 1. The number of aliphatic hydroxyl groups excluding tert-OH is 1. The Kier molecular flexibility index (Phi) is 4.00. The molecule has 1 saturated heterocycles. The van der Waals surface area contributed by atoms with Crippen LogP contribution in [0, 0.1) is 0 Å². The smallest absolute Gasteiger partial charge is 0.255 e. The summed E-state index contributed by atoms with van der Waals surface area (Å²) in [6.45, 7) is 0.576. The van der Waals surface area contributed by atoms with Crippen molar-refractivity contribution in [2.24, 2.45) is 0 Å². The molecule has 6 heteroatoms. The summed E-state index contributed by atoms with van der Waals surface area (Å²) in [5, 5.41) is 9.70. The maximum atomic E-state index is 12.4. The van der Waals surface area contributed by atoms with Crippen molar-refractivity contribution in [1.29, 1.82) is 0 Å². The van der Waals surface area contributed by atoms with E-state index in [1.54, 1.807) is 4.90 Å². The van der Waals surface area contributed by atoms with E-state index in [0.717, 1.165) is 12.8 Å². The third-order valence-corrected chi connectivity index (χ3v) is 3.93. The number of rotatable bonds is 2. The Balaban J connectivity index is 2.34. The van der Waals surface area contributed by atoms with Gasteiger partial charge in [-0.25, -0.2) is 0 Å². The molecule has 0 saturated carbocycles. The van der Waals surface area contributed by atoms with E-state index >= 15 is 0 Å². The number of halogens is 2. The summed E-state index contributed by atoms with van der Waals surface area (Å²) in [4.78, 5) is 14.0. The predicted molar refractivity (Wildman–Crippen MR) is 72.0 cm³/mol. The van der Waals surface area contributed by atoms with Gasteiger partial charge in [0.1, 0.15) is 0 Å². The van der Waals surface area contributed by atoms with Crippen molar-refractivity contribution in [2.45, 2.75) is 18.9 Å². The van der Waals surface area contributed by atoms with Crippen molar-refractivity contribution in [3.63, 3.8) is 0 Å². The second kappa shape index (κ2) is 5.34. The first kappa shape index (κ1) is 13.5. The van der Waals surface area contributed by atoms with Gasteiger partial charge in [-0.2, -0.15) is 0 Å². The number of nitrogen functional groups attached to an aromatic ring is 1. The van der Waals surface area contributed by atoms with E-state index in [1.165, 1.54) is 12.1 Å². The zero-order valence-electron chi connectivity index (χ0n) is 9.70. The number of anilines is 1. The largest absolute Gasteiger partial charge is 0.399 e. The number of aliphatic hydroxyl groups is 1. The van der Waals surface area contributed by atoms with Crippen LogP contribution in [0.2, 0.25) is 10.0 Å². The number of nitrogens with zero attached hydrogens (tertiary/aromatic N) is 1. The zero-order chi connectivity index (χ0) is 13.3. The number of hydrogen-bond donors (Lipinski definition) is 2. The van der Waals surface area contributed by atoms with Crippen LogP contribution in [-0.2, 0) is 0 Å². The highest BCUT2D eigenvalue weighted by atomic mass is 35.5. The minimum Gasteiger partial charge on any atom is -0.399 e. The van der Waals surface area contributed by atoms with E-state index in [4.69, 9.17) is 28.9 Å². The van der Waals surface area contributed by atoms with Gasteiger partial charge in [0.05, 0.1) is 28.3 Å². The molecule has 0 radical (unpaired) electrons. The first-order chi connectivity index (χ1) is 8.54. The van der Waals surface area contributed by atoms with E-state index < -0.39 is 0 Å². The molecule has 1 amide bonds. The minimum atomic E-state index is -0.231. The van der Waals surface area contributed by atoms with Crippen molar-refractivity contribution in [3.05, 3.63) is 27.7 Å². The van der Waals surface area contributed by atoms with Gasteiger partial charge in [0, 0.05) is 12.2 Å². The number of hydrogen-bond acceptors (Lipinski definition) is 3. The van der Waals surface area contributed by atoms with Crippen LogP contribution in [0.5, 0.6) is 0 Å². The van der Waals surface area contributed by atoms with Crippen molar-refractivity contribution >= 4 is 34.8 Å². The third-order valence-electron chi connectivity index (χ3n) is 3.13. The lowest BCUT2D eigenvalue weighted by Gasteiger charge is -2.23. The summed E-state index contributed by atoms with van der Waals surface area (Å²) < 4.78 is 0. The Morgan fingerprint density at radius 1 is 1.50 bits per heavy atom. The summed E-state index contributed by atoms with van der Waals surface area (Å²) in [5.41, 5.74) is 6.36. The monoisotopic (exact) mass is 288 g/mol. The fraction of sp³-hybridized carbons (Fsp3) is 0.417. The van der Waals surface area contributed by atoms with Crippen LogP contribution in [0.15, 0.2) is 12.1 Å². The molecule has 0 unspecified atom stereocenters. The third kappa shape index (κ3) is 2.41. The molecule has 3 N–H and O–H groups in total. The quantitative estimate of drug-likeness (QED) is 0.820. The average Bonchev–Trinajstić information content (AvgIpc) is 2.81. The topological polar surface area (TPSA) is 66.6 Å². The SMILES string of the molecule is Nc1cc(Cl)c(Cl)c(C(=O)N2CCC[C@H]2CO)c1. The van der Waals surface area contributed by atoms with Gasteiger partial charge in [-0.1, -0.05) is 23.2 Å². The first-order valence-electron chi connectivity index (χ1n) is 5.71. The lowest BCUT2D eigenvalue weighted by Crippen LogP contribution is -2.37. The van der Waals surface area contributed by atoms with Crippen molar-refractivity contribution in [3.8, 4) is 0 Å². The molecule has 1 aromatic carbocycles. The number of carbonyl (C=O) groups excluding carboxylic acids is 1. The number of likely N-dealkylation sites (tertiary alicyclic amines) is 1. The molecule has 1 fully saturated rings. The van der Waals surface area contributed by atoms with Crippen LogP contribution in [0.4, 0.5) is 5.69 Å². The Bertz CT molecular complexity index is 479. The van der Waals surface area contributed by atoms with Gasteiger partial charge in [0.15, 0.2) is 0 Å². The van der Waals surface area contributed by atoms with E-state index in [-0.39, 0.29) is 28.6 Å². The Morgan fingerprint density at radius 2 is 2.22 bits per heavy atom. The normalized spacial score (nSPS) is 19.3. The summed E-state index contributed by atoms with van der Waals surface area (Å²) in [6.07, 6.45) is 1.68. The highest BCUT2D eigenvalue weighted by Gasteiger charge is 2.30. The fourth-order valence-corrected chi connectivity index (χ4v) is 2.63.